The van der Waals surface area contributed by atoms with Crippen LogP contribution in [-0.2, 0) is 11.0 Å². The summed E-state index contributed by atoms with van der Waals surface area (Å²) >= 11 is 0. The third-order valence-electron chi connectivity index (χ3n) is 3.39. The lowest BCUT2D eigenvalue weighted by atomic mass is 10.0. The molecule has 0 atom stereocenters. The van der Waals surface area contributed by atoms with Gasteiger partial charge in [-0.25, -0.2) is 0 Å². The second-order valence-corrected chi connectivity index (χ2v) is 5.30. The van der Waals surface area contributed by atoms with Crippen LogP contribution in [0.4, 0.5) is 13.2 Å². The minimum absolute atomic E-state index is 0.339. The molecule has 0 fully saturated rings. The van der Waals surface area contributed by atoms with E-state index >= 15 is 0 Å². The van der Waals surface area contributed by atoms with Crippen molar-refractivity contribution in [1.82, 2.24) is 4.98 Å². The summed E-state index contributed by atoms with van der Waals surface area (Å²) in [6.45, 7) is 2.50. The summed E-state index contributed by atoms with van der Waals surface area (Å²) in [5, 5.41) is 4.07. The molecule has 1 heterocycles. The van der Waals surface area contributed by atoms with Gasteiger partial charge in [-0.15, -0.1) is 0 Å². The van der Waals surface area contributed by atoms with Crippen molar-refractivity contribution in [2.75, 3.05) is 6.61 Å². The molecule has 0 bridgehead atoms. The zero-order valence-corrected chi connectivity index (χ0v) is 13.4. The van der Waals surface area contributed by atoms with Gasteiger partial charge in [0.2, 0.25) is 0 Å². The maximum Gasteiger partial charge on any atom is 0.416 e. The monoisotopic (exact) mass is 336 g/mol. The van der Waals surface area contributed by atoms with E-state index in [4.69, 9.17) is 4.84 Å². The van der Waals surface area contributed by atoms with E-state index in [1.54, 1.807) is 30.6 Å². The molecule has 3 nitrogen and oxygen atoms in total. The number of oxime groups is 1. The van der Waals surface area contributed by atoms with Crippen LogP contribution in [0.1, 0.15) is 42.9 Å². The molecule has 2 aromatic rings. The van der Waals surface area contributed by atoms with Gasteiger partial charge in [0.1, 0.15) is 12.3 Å². The van der Waals surface area contributed by atoms with E-state index in [9.17, 15) is 13.2 Å². The standard InChI is InChI=1S/C18H19F3N2O/c1-2-3-4-11-24-23-17(15-8-6-10-22-13-15)14-7-5-9-16(12-14)18(19,20)21/h5-10,12-13H,2-4,11H2,1H3/b23-17-. The fourth-order valence-electron chi connectivity index (χ4n) is 2.14. The number of nitrogens with zero attached hydrogens (tertiary/aromatic N) is 2. The first-order chi connectivity index (χ1) is 11.5. The van der Waals surface area contributed by atoms with Crippen LogP contribution in [0.25, 0.3) is 0 Å². The Hall–Kier alpha value is -2.37. The normalized spacial score (nSPS) is 12.2. The highest BCUT2D eigenvalue weighted by molar-refractivity contribution is 6.12. The maximum atomic E-state index is 12.9. The van der Waals surface area contributed by atoms with Crippen LogP contribution < -0.4 is 0 Å². The second kappa shape index (κ2) is 8.47. The van der Waals surface area contributed by atoms with Gasteiger partial charge in [0.05, 0.1) is 5.56 Å². The topological polar surface area (TPSA) is 34.5 Å². The van der Waals surface area contributed by atoms with E-state index in [1.165, 1.54) is 6.07 Å². The number of rotatable bonds is 7. The van der Waals surface area contributed by atoms with E-state index in [2.05, 4.69) is 17.1 Å². The third kappa shape index (κ3) is 5.08. The van der Waals surface area contributed by atoms with Gasteiger partial charge in [0, 0.05) is 23.5 Å². The highest BCUT2D eigenvalue weighted by atomic mass is 19.4. The molecular weight excluding hydrogens is 317 g/mol. The number of unbranched alkanes of at least 4 members (excludes halogenated alkanes) is 2. The first-order valence-corrected chi connectivity index (χ1v) is 7.80. The lowest BCUT2D eigenvalue weighted by molar-refractivity contribution is -0.137. The van der Waals surface area contributed by atoms with Crippen LogP contribution >= 0.6 is 0 Å². The van der Waals surface area contributed by atoms with Crippen molar-refractivity contribution in [2.24, 2.45) is 5.16 Å². The Labute approximate surface area is 139 Å². The van der Waals surface area contributed by atoms with Gasteiger partial charge < -0.3 is 4.84 Å². The van der Waals surface area contributed by atoms with Crippen molar-refractivity contribution in [3.8, 4) is 0 Å². The smallest absolute Gasteiger partial charge is 0.395 e. The van der Waals surface area contributed by atoms with Crippen LogP contribution in [0, 0.1) is 0 Å². The van der Waals surface area contributed by atoms with Crippen LogP contribution in [0.3, 0.4) is 0 Å². The lowest BCUT2D eigenvalue weighted by Gasteiger charge is -2.11. The lowest BCUT2D eigenvalue weighted by Crippen LogP contribution is -2.10. The third-order valence-corrected chi connectivity index (χ3v) is 3.39. The average Bonchev–Trinajstić information content (AvgIpc) is 2.58. The van der Waals surface area contributed by atoms with Crippen LogP contribution in [0.15, 0.2) is 53.9 Å². The van der Waals surface area contributed by atoms with Crippen molar-refractivity contribution in [3.05, 3.63) is 65.5 Å². The fraction of sp³-hybridized carbons (Fsp3) is 0.333. The molecule has 0 amide bonds. The number of halogens is 3. The molecular formula is C18H19F3N2O. The highest BCUT2D eigenvalue weighted by Gasteiger charge is 2.30. The first kappa shape index (κ1) is 18.0. The molecule has 0 N–H and O–H groups in total. The van der Waals surface area contributed by atoms with E-state index in [-0.39, 0.29) is 0 Å². The first-order valence-electron chi connectivity index (χ1n) is 7.80. The van der Waals surface area contributed by atoms with Gasteiger partial charge in [-0.3, -0.25) is 4.98 Å². The molecule has 1 aromatic carbocycles. The summed E-state index contributed by atoms with van der Waals surface area (Å²) in [7, 11) is 0. The largest absolute Gasteiger partial charge is 0.416 e. The van der Waals surface area contributed by atoms with E-state index in [0.717, 1.165) is 31.4 Å². The molecule has 24 heavy (non-hydrogen) atoms. The van der Waals surface area contributed by atoms with Crippen LogP contribution in [-0.4, -0.2) is 17.3 Å². The number of aromatic nitrogens is 1. The molecule has 0 saturated carbocycles. The molecule has 2 rings (SSSR count). The van der Waals surface area contributed by atoms with Crippen LogP contribution in [0.2, 0.25) is 0 Å². The molecule has 0 spiro atoms. The van der Waals surface area contributed by atoms with E-state index in [1.807, 2.05) is 0 Å². The van der Waals surface area contributed by atoms with Crippen molar-refractivity contribution >= 4 is 5.71 Å². The zero-order valence-electron chi connectivity index (χ0n) is 13.4. The van der Waals surface area contributed by atoms with Gasteiger partial charge in [-0.2, -0.15) is 13.2 Å². The molecule has 128 valence electrons. The second-order valence-electron chi connectivity index (χ2n) is 5.30. The van der Waals surface area contributed by atoms with E-state index in [0.29, 0.717) is 23.4 Å². The van der Waals surface area contributed by atoms with E-state index < -0.39 is 11.7 Å². The number of hydrogen-bond acceptors (Lipinski definition) is 3. The fourth-order valence-corrected chi connectivity index (χ4v) is 2.14. The Morgan fingerprint density at radius 2 is 1.92 bits per heavy atom. The summed E-state index contributed by atoms with van der Waals surface area (Å²) in [5.74, 6) is 0. The zero-order chi connectivity index (χ0) is 17.4. The van der Waals surface area contributed by atoms with Gasteiger partial charge in [0.15, 0.2) is 0 Å². The summed E-state index contributed by atoms with van der Waals surface area (Å²) in [5.41, 5.74) is 0.564. The molecule has 0 aliphatic rings. The SMILES string of the molecule is CCCCCO/N=C(\c1cccnc1)c1cccc(C(F)(F)F)c1. The number of hydrogen-bond donors (Lipinski definition) is 0. The Morgan fingerprint density at radius 1 is 1.12 bits per heavy atom. The molecule has 6 heteroatoms. The summed E-state index contributed by atoms with van der Waals surface area (Å²) in [4.78, 5) is 9.31. The number of alkyl halides is 3. The Bertz CT molecular complexity index is 669. The summed E-state index contributed by atoms with van der Waals surface area (Å²) < 4.78 is 38.8. The predicted octanol–water partition coefficient (Wildman–Crippen LogP) is 5.06. The molecule has 1 aromatic heterocycles. The number of pyridine rings is 1. The minimum Gasteiger partial charge on any atom is -0.395 e. The van der Waals surface area contributed by atoms with Crippen LogP contribution in [0.5, 0.6) is 0 Å². The molecule has 0 aliphatic carbocycles. The summed E-state index contributed by atoms with van der Waals surface area (Å²) in [6, 6.07) is 8.49. The van der Waals surface area contributed by atoms with Crippen molar-refractivity contribution in [1.29, 1.82) is 0 Å². The molecule has 0 aliphatic heterocycles. The Kier molecular flexibility index (Phi) is 6.35. The van der Waals surface area contributed by atoms with Gasteiger partial charge >= 0.3 is 6.18 Å². The number of benzene rings is 1. The molecule has 0 radical (unpaired) electrons. The maximum absolute atomic E-state index is 12.9. The Balaban J connectivity index is 2.31. The van der Waals surface area contributed by atoms with Gasteiger partial charge in [-0.05, 0) is 30.7 Å². The van der Waals surface area contributed by atoms with Crippen molar-refractivity contribution in [2.45, 2.75) is 32.4 Å². The Morgan fingerprint density at radius 3 is 2.58 bits per heavy atom. The summed E-state index contributed by atoms with van der Waals surface area (Å²) in [6.07, 6.45) is 1.66. The average molecular weight is 336 g/mol. The molecule has 0 saturated heterocycles. The quantitative estimate of drug-likeness (QED) is 0.402. The highest BCUT2D eigenvalue weighted by Crippen LogP contribution is 2.30. The predicted molar refractivity (Wildman–Crippen MR) is 86.8 cm³/mol. The van der Waals surface area contributed by atoms with Gasteiger partial charge in [0.25, 0.3) is 0 Å². The van der Waals surface area contributed by atoms with Crippen molar-refractivity contribution in [3.63, 3.8) is 0 Å². The van der Waals surface area contributed by atoms with Crippen molar-refractivity contribution < 1.29 is 18.0 Å². The van der Waals surface area contributed by atoms with Gasteiger partial charge in [-0.1, -0.05) is 37.1 Å². The minimum atomic E-state index is -4.40. The molecule has 0 unspecified atom stereocenters.